The highest BCUT2D eigenvalue weighted by molar-refractivity contribution is 7.99. The van der Waals surface area contributed by atoms with Crippen LogP contribution in [0.2, 0.25) is 0 Å². The van der Waals surface area contributed by atoms with E-state index in [0.717, 1.165) is 23.8 Å². The second kappa shape index (κ2) is 9.12. The molecule has 3 rings (SSSR count). The van der Waals surface area contributed by atoms with Gasteiger partial charge in [0.25, 0.3) is 0 Å². The Morgan fingerprint density at radius 3 is 2.63 bits per heavy atom. The minimum absolute atomic E-state index is 0.0944. The van der Waals surface area contributed by atoms with Crippen LogP contribution in [0.25, 0.3) is 0 Å². The van der Waals surface area contributed by atoms with Gasteiger partial charge in [-0.1, -0.05) is 31.0 Å². The molecular formula is C19H26N4O3S. The SMILES string of the molecule is COc1ccc(NC(=O)CSc2nnc(C)n2C2CCCCC2)cc1OC. The van der Waals surface area contributed by atoms with Crippen molar-refractivity contribution < 1.29 is 14.3 Å². The molecule has 0 aliphatic heterocycles. The zero-order valence-corrected chi connectivity index (χ0v) is 16.8. The summed E-state index contributed by atoms with van der Waals surface area (Å²) in [4.78, 5) is 12.4. The highest BCUT2D eigenvalue weighted by Gasteiger charge is 2.21. The van der Waals surface area contributed by atoms with E-state index in [2.05, 4.69) is 20.1 Å². The fourth-order valence-corrected chi connectivity index (χ4v) is 4.30. The number of ether oxygens (including phenoxy) is 2. The number of rotatable bonds is 7. The Hall–Kier alpha value is -2.22. The summed E-state index contributed by atoms with van der Waals surface area (Å²) in [5, 5.41) is 12.2. The minimum atomic E-state index is -0.0944. The van der Waals surface area contributed by atoms with Gasteiger partial charge in [-0.15, -0.1) is 10.2 Å². The molecule has 0 bridgehead atoms. The lowest BCUT2D eigenvalue weighted by Gasteiger charge is -2.24. The molecule has 1 fully saturated rings. The molecule has 0 spiro atoms. The van der Waals surface area contributed by atoms with Crippen LogP contribution in [0.5, 0.6) is 11.5 Å². The average Bonchev–Trinajstić information content (AvgIpc) is 3.07. The lowest BCUT2D eigenvalue weighted by molar-refractivity contribution is -0.113. The van der Waals surface area contributed by atoms with E-state index in [-0.39, 0.29) is 11.7 Å². The van der Waals surface area contributed by atoms with E-state index >= 15 is 0 Å². The van der Waals surface area contributed by atoms with Crippen molar-refractivity contribution in [2.45, 2.75) is 50.2 Å². The number of thioether (sulfide) groups is 1. The minimum Gasteiger partial charge on any atom is -0.493 e. The van der Waals surface area contributed by atoms with E-state index in [4.69, 9.17) is 9.47 Å². The van der Waals surface area contributed by atoms with Crippen LogP contribution in [-0.4, -0.2) is 40.6 Å². The summed E-state index contributed by atoms with van der Waals surface area (Å²) in [6.07, 6.45) is 6.10. The summed E-state index contributed by atoms with van der Waals surface area (Å²) < 4.78 is 12.7. The zero-order chi connectivity index (χ0) is 19.2. The molecule has 1 heterocycles. The third kappa shape index (κ3) is 4.74. The molecule has 1 aromatic heterocycles. The number of anilines is 1. The number of benzene rings is 1. The van der Waals surface area contributed by atoms with E-state index in [1.54, 1.807) is 32.4 Å². The first kappa shape index (κ1) is 19.5. The second-order valence-electron chi connectivity index (χ2n) is 6.60. The molecule has 146 valence electrons. The van der Waals surface area contributed by atoms with Crippen molar-refractivity contribution in [1.29, 1.82) is 0 Å². The predicted octanol–water partition coefficient (Wildman–Crippen LogP) is 3.84. The molecule has 1 saturated carbocycles. The number of nitrogens with zero attached hydrogens (tertiary/aromatic N) is 3. The number of aryl methyl sites for hydroxylation is 1. The smallest absolute Gasteiger partial charge is 0.234 e. The number of carbonyl (C=O) groups is 1. The normalized spacial score (nSPS) is 14.8. The fourth-order valence-electron chi connectivity index (χ4n) is 3.45. The molecule has 7 nitrogen and oxygen atoms in total. The first-order valence-corrected chi connectivity index (χ1v) is 10.2. The first-order valence-electron chi connectivity index (χ1n) is 9.18. The van der Waals surface area contributed by atoms with Crippen LogP contribution in [0.15, 0.2) is 23.4 Å². The number of nitrogens with one attached hydrogen (secondary N) is 1. The summed E-state index contributed by atoms with van der Waals surface area (Å²) in [5.74, 6) is 2.31. The lowest BCUT2D eigenvalue weighted by Crippen LogP contribution is -2.17. The molecule has 2 aromatic rings. The average molecular weight is 391 g/mol. The molecule has 1 amide bonds. The lowest BCUT2D eigenvalue weighted by atomic mass is 9.95. The molecular weight excluding hydrogens is 364 g/mol. The Morgan fingerprint density at radius 2 is 1.93 bits per heavy atom. The van der Waals surface area contributed by atoms with Gasteiger partial charge in [0.1, 0.15) is 5.82 Å². The number of methoxy groups -OCH3 is 2. The zero-order valence-electron chi connectivity index (χ0n) is 16.0. The molecule has 8 heteroatoms. The number of amides is 1. The highest BCUT2D eigenvalue weighted by Crippen LogP contribution is 2.33. The largest absolute Gasteiger partial charge is 0.493 e. The summed E-state index contributed by atoms with van der Waals surface area (Å²) in [5.41, 5.74) is 0.670. The summed E-state index contributed by atoms with van der Waals surface area (Å²) in [6.45, 7) is 1.98. The summed E-state index contributed by atoms with van der Waals surface area (Å²) >= 11 is 1.43. The molecule has 1 aliphatic rings. The number of aromatic nitrogens is 3. The van der Waals surface area contributed by atoms with E-state index in [0.29, 0.717) is 23.2 Å². The van der Waals surface area contributed by atoms with Crippen LogP contribution >= 0.6 is 11.8 Å². The van der Waals surface area contributed by atoms with Crippen molar-refractivity contribution in [3.8, 4) is 11.5 Å². The van der Waals surface area contributed by atoms with E-state index < -0.39 is 0 Å². The maximum Gasteiger partial charge on any atom is 0.234 e. The Balaban J connectivity index is 1.61. The quantitative estimate of drug-likeness (QED) is 0.724. The van der Waals surface area contributed by atoms with Crippen LogP contribution in [0.1, 0.15) is 44.0 Å². The van der Waals surface area contributed by atoms with Gasteiger partial charge >= 0.3 is 0 Å². The molecule has 1 N–H and O–H groups in total. The number of hydrogen-bond donors (Lipinski definition) is 1. The van der Waals surface area contributed by atoms with Gasteiger partial charge in [-0.05, 0) is 31.9 Å². The highest BCUT2D eigenvalue weighted by atomic mass is 32.2. The maximum absolute atomic E-state index is 12.4. The van der Waals surface area contributed by atoms with Crippen LogP contribution in [0.4, 0.5) is 5.69 Å². The van der Waals surface area contributed by atoms with Gasteiger partial charge in [-0.25, -0.2) is 0 Å². The Kier molecular flexibility index (Phi) is 6.60. The molecule has 0 unspecified atom stereocenters. The molecule has 1 aliphatic carbocycles. The van der Waals surface area contributed by atoms with Crippen LogP contribution < -0.4 is 14.8 Å². The van der Waals surface area contributed by atoms with Gasteiger partial charge in [-0.2, -0.15) is 0 Å². The summed E-state index contributed by atoms with van der Waals surface area (Å²) in [6, 6.07) is 5.75. The van der Waals surface area contributed by atoms with Crippen LogP contribution in [0, 0.1) is 6.92 Å². The van der Waals surface area contributed by atoms with Crippen molar-refractivity contribution in [2.24, 2.45) is 0 Å². The van der Waals surface area contributed by atoms with Gasteiger partial charge in [0.05, 0.1) is 20.0 Å². The Labute approximate surface area is 163 Å². The predicted molar refractivity (Wildman–Crippen MR) is 106 cm³/mol. The third-order valence-corrected chi connectivity index (χ3v) is 5.72. The Morgan fingerprint density at radius 1 is 1.19 bits per heavy atom. The van der Waals surface area contributed by atoms with E-state index in [1.807, 2.05) is 6.92 Å². The third-order valence-electron chi connectivity index (χ3n) is 4.77. The molecule has 0 saturated heterocycles. The number of hydrogen-bond acceptors (Lipinski definition) is 6. The molecule has 0 radical (unpaired) electrons. The van der Waals surface area contributed by atoms with Crippen LogP contribution in [0.3, 0.4) is 0 Å². The topological polar surface area (TPSA) is 78.3 Å². The van der Waals surface area contributed by atoms with Gasteiger partial charge < -0.3 is 19.4 Å². The van der Waals surface area contributed by atoms with Crippen molar-refractivity contribution in [3.05, 3.63) is 24.0 Å². The molecule has 27 heavy (non-hydrogen) atoms. The molecule has 1 aromatic carbocycles. The first-order chi connectivity index (χ1) is 13.1. The van der Waals surface area contributed by atoms with Crippen molar-refractivity contribution in [2.75, 3.05) is 25.3 Å². The van der Waals surface area contributed by atoms with Crippen molar-refractivity contribution in [3.63, 3.8) is 0 Å². The van der Waals surface area contributed by atoms with Gasteiger partial charge in [0, 0.05) is 17.8 Å². The standard InChI is InChI=1S/C19H26N4O3S/c1-13-21-22-19(23(13)15-7-5-4-6-8-15)27-12-18(24)20-14-9-10-16(25-2)17(11-14)26-3/h9-11,15H,4-8,12H2,1-3H3,(H,20,24). The van der Waals surface area contributed by atoms with Crippen LogP contribution in [-0.2, 0) is 4.79 Å². The fraction of sp³-hybridized carbons (Fsp3) is 0.526. The van der Waals surface area contributed by atoms with Gasteiger partial charge in [0.15, 0.2) is 16.7 Å². The Bertz CT molecular complexity index is 787. The second-order valence-corrected chi connectivity index (χ2v) is 7.54. The number of carbonyl (C=O) groups excluding carboxylic acids is 1. The van der Waals surface area contributed by atoms with Crippen molar-refractivity contribution in [1.82, 2.24) is 14.8 Å². The van der Waals surface area contributed by atoms with Crippen molar-refractivity contribution >= 4 is 23.4 Å². The molecule has 0 atom stereocenters. The maximum atomic E-state index is 12.4. The summed E-state index contributed by atoms with van der Waals surface area (Å²) in [7, 11) is 3.15. The van der Waals surface area contributed by atoms with E-state index in [9.17, 15) is 4.79 Å². The van der Waals surface area contributed by atoms with E-state index in [1.165, 1.54) is 31.0 Å². The monoisotopic (exact) mass is 390 g/mol. The van der Waals surface area contributed by atoms with Gasteiger partial charge in [-0.3, -0.25) is 4.79 Å². The van der Waals surface area contributed by atoms with Gasteiger partial charge in [0.2, 0.25) is 5.91 Å².